The van der Waals surface area contributed by atoms with Crippen molar-refractivity contribution in [3.8, 4) is 0 Å². The molecule has 0 N–H and O–H groups in total. The van der Waals surface area contributed by atoms with E-state index in [-0.39, 0.29) is 51.2 Å². The molecule has 10 heteroatoms. The Kier molecular flexibility index (Phi) is 14.6. The van der Waals surface area contributed by atoms with Crippen molar-refractivity contribution in [2.45, 2.75) is 66.5 Å². The van der Waals surface area contributed by atoms with Crippen LogP contribution in [0.2, 0.25) is 0 Å². The van der Waals surface area contributed by atoms with Crippen LogP contribution in [0.25, 0.3) is 0 Å². The summed E-state index contributed by atoms with van der Waals surface area (Å²) in [6.07, 6.45) is 7.10. The summed E-state index contributed by atoms with van der Waals surface area (Å²) in [6, 6.07) is 9.38. The smallest absolute Gasteiger partial charge is 0.309 e. The number of rotatable bonds is 18. The second kappa shape index (κ2) is 17.9. The maximum atomic E-state index is 13.2. The molecular weight excluding hydrogens is 528 g/mol. The molecule has 0 spiro atoms. The maximum Gasteiger partial charge on any atom is 0.309 e. The topological polar surface area (TPSA) is 114 Å². The number of ether oxygens (including phenoxy) is 4. The Bertz CT molecular complexity index is 1100. The summed E-state index contributed by atoms with van der Waals surface area (Å²) in [5, 5.41) is 0. The summed E-state index contributed by atoms with van der Waals surface area (Å²) in [4.78, 5) is 50.6. The van der Waals surface area contributed by atoms with Gasteiger partial charge in [0.2, 0.25) is 6.33 Å². The number of aryl methyl sites for hydroxylation is 1. The number of hydrogen-bond acceptors (Lipinski definition) is 8. The van der Waals surface area contributed by atoms with E-state index in [0.29, 0.717) is 19.4 Å². The molecule has 2 aromatic rings. The molecule has 0 aliphatic heterocycles. The summed E-state index contributed by atoms with van der Waals surface area (Å²) in [5.41, 5.74) is 0.872. The molecule has 0 aliphatic rings. The van der Waals surface area contributed by atoms with E-state index in [1.165, 1.54) is 0 Å². The van der Waals surface area contributed by atoms with Crippen LogP contribution >= 0.6 is 0 Å². The molecule has 0 radical (unpaired) electrons. The van der Waals surface area contributed by atoms with Gasteiger partial charge in [0.25, 0.3) is 0 Å². The van der Waals surface area contributed by atoms with Crippen molar-refractivity contribution >= 4 is 23.9 Å². The molecular formula is C31H45N2O8+. The fourth-order valence-corrected chi connectivity index (χ4v) is 4.17. The Morgan fingerprint density at radius 2 is 1.37 bits per heavy atom. The summed E-state index contributed by atoms with van der Waals surface area (Å²) < 4.78 is 25.3. The first kappa shape index (κ1) is 33.5. The SMILES string of the molecule is CCC(C)C(=O)OCCOC(=O)C(C)CC(CC(CC)C(=O)OCc1ccccc1)C(=O)OCCn1cc[n+](C)c1. The number of hydrogen-bond donors (Lipinski definition) is 0. The van der Waals surface area contributed by atoms with Crippen LogP contribution in [0.1, 0.15) is 58.9 Å². The minimum absolute atomic E-state index is 0.0323. The van der Waals surface area contributed by atoms with Gasteiger partial charge in [0, 0.05) is 0 Å². The minimum Gasteiger partial charge on any atom is -0.462 e. The Balaban J connectivity index is 1.97. The number of imidazole rings is 1. The predicted octanol–water partition coefficient (Wildman–Crippen LogP) is 3.79. The Morgan fingerprint density at radius 3 is 1.95 bits per heavy atom. The standard InChI is InChI=1S/C31H45N2O8/c1-6-23(3)28(34)39-17-18-40-29(35)24(4)19-27(31(37)38-16-15-33-14-13-32(5)22-33)20-26(7-2)30(36)41-21-25-11-9-8-10-12-25/h8-14,22-24,26-27H,6-7,15-21H2,1-5H3/q+1. The number of carbonyl (C=O) groups is 4. The van der Waals surface area contributed by atoms with Crippen LogP contribution in [0.4, 0.5) is 0 Å². The molecule has 4 unspecified atom stereocenters. The van der Waals surface area contributed by atoms with Crippen LogP contribution in [0.5, 0.6) is 0 Å². The Morgan fingerprint density at radius 1 is 0.756 bits per heavy atom. The first-order valence-corrected chi connectivity index (χ1v) is 14.4. The number of nitrogens with zero attached hydrogens (tertiary/aromatic N) is 2. The van der Waals surface area contributed by atoms with E-state index in [1.54, 1.807) is 13.8 Å². The van der Waals surface area contributed by atoms with Gasteiger partial charge in [-0.1, -0.05) is 58.0 Å². The number of carbonyl (C=O) groups excluding carboxylic acids is 4. The molecule has 0 saturated heterocycles. The van der Waals surface area contributed by atoms with Crippen LogP contribution in [0.15, 0.2) is 49.1 Å². The highest BCUT2D eigenvalue weighted by Gasteiger charge is 2.32. The third-order valence-electron chi connectivity index (χ3n) is 7.00. The van der Waals surface area contributed by atoms with E-state index in [9.17, 15) is 19.2 Å². The lowest BCUT2D eigenvalue weighted by Crippen LogP contribution is -2.30. The summed E-state index contributed by atoms with van der Waals surface area (Å²) >= 11 is 0. The zero-order valence-corrected chi connectivity index (χ0v) is 25.0. The van der Waals surface area contributed by atoms with Gasteiger partial charge in [0.05, 0.1) is 30.7 Å². The molecule has 41 heavy (non-hydrogen) atoms. The van der Waals surface area contributed by atoms with E-state index in [4.69, 9.17) is 18.9 Å². The lowest BCUT2D eigenvalue weighted by molar-refractivity contribution is -0.671. The highest BCUT2D eigenvalue weighted by molar-refractivity contribution is 5.78. The second-order valence-corrected chi connectivity index (χ2v) is 10.4. The van der Waals surface area contributed by atoms with Crippen LogP contribution in [0, 0.1) is 23.7 Å². The lowest BCUT2D eigenvalue weighted by Gasteiger charge is -2.23. The molecule has 10 nitrogen and oxygen atoms in total. The lowest BCUT2D eigenvalue weighted by atomic mass is 9.86. The molecule has 0 bridgehead atoms. The van der Waals surface area contributed by atoms with Gasteiger partial charge in [0.15, 0.2) is 0 Å². The quantitative estimate of drug-likeness (QED) is 0.115. The van der Waals surface area contributed by atoms with Crippen LogP contribution < -0.4 is 4.57 Å². The molecule has 1 aromatic heterocycles. The van der Waals surface area contributed by atoms with Gasteiger partial charge in [0.1, 0.15) is 45.4 Å². The number of esters is 4. The van der Waals surface area contributed by atoms with E-state index in [2.05, 4.69) is 0 Å². The fraction of sp³-hybridized carbons (Fsp3) is 0.581. The molecule has 0 saturated carbocycles. The number of benzene rings is 1. The molecule has 0 amide bonds. The highest BCUT2D eigenvalue weighted by Crippen LogP contribution is 2.26. The molecule has 4 atom stereocenters. The molecule has 2 rings (SSSR count). The van der Waals surface area contributed by atoms with Crippen molar-refractivity contribution in [3.05, 3.63) is 54.6 Å². The molecule has 0 aliphatic carbocycles. The van der Waals surface area contributed by atoms with Crippen molar-refractivity contribution in [1.82, 2.24) is 4.57 Å². The molecule has 1 aromatic carbocycles. The first-order chi connectivity index (χ1) is 19.6. The minimum atomic E-state index is -0.712. The summed E-state index contributed by atoms with van der Waals surface area (Å²) in [6.45, 7) is 7.86. The Labute approximate surface area is 242 Å². The van der Waals surface area contributed by atoms with Crippen LogP contribution in [0.3, 0.4) is 0 Å². The summed E-state index contributed by atoms with van der Waals surface area (Å²) in [5.74, 6) is -3.83. The molecule has 226 valence electrons. The zero-order chi connectivity index (χ0) is 30.2. The third-order valence-corrected chi connectivity index (χ3v) is 7.00. The van der Waals surface area contributed by atoms with E-state index >= 15 is 0 Å². The average Bonchev–Trinajstić information content (AvgIpc) is 3.40. The third kappa shape index (κ3) is 12.2. The van der Waals surface area contributed by atoms with Gasteiger partial charge in [-0.15, -0.1) is 0 Å². The van der Waals surface area contributed by atoms with Crippen molar-refractivity contribution in [2.75, 3.05) is 19.8 Å². The number of aromatic nitrogens is 2. The largest absolute Gasteiger partial charge is 0.462 e. The normalized spacial score (nSPS) is 13.9. The maximum absolute atomic E-state index is 13.2. The van der Waals surface area contributed by atoms with Gasteiger partial charge < -0.3 is 18.9 Å². The van der Waals surface area contributed by atoms with Crippen molar-refractivity contribution in [1.29, 1.82) is 0 Å². The highest BCUT2D eigenvalue weighted by atomic mass is 16.6. The monoisotopic (exact) mass is 573 g/mol. The van der Waals surface area contributed by atoms with Crippen LogP contribution in [-0.4, -0.2) is 48.3 Å². The zero-order valence-electron chi connectivity index (χ0n) is 25.0. The van der Waals surface area contributed by atoms with Crippen molar-refractivity contribution < 1.29 is 42.7 Å². The second-order valence-electron chi connectivity index (χ2n) is 10.4. The van der Waals surface area contributed by atoms with Gasteiger partial charge in [-0.05, 0) is 31.2 Å². The molecule has 0 fully saturated rings. The average molecular weight is 574 g/mol. The fourth-order valence-electron chi connectivity index (χ4n) is 4.17. The van der Waals surface area contributed by atoms with E-state index in [0.717, 1.165) is 5.56 Å². The van der Waals surface area contributed by atoms with Crippen LogP contribution in [-0.2, 0) is 58.3 Å². The van der Waals surface area contributed by atoms with Gasteiger partial charge in [-0.3, -0.25) is 19.2 Å². The Hall–Kier alpha value is -3.69. The van der Waals surface area contributed by atoms with E-state index < -0.39 is 35.7 Å². The van der Waals surface area contributed by atoms with E-state index in [1.807, 2.05) is 79.1 Å². The van der Waals surface area contributed by atoms with Gasteiger partial charge in [-0.25, -0.2) is 9.13 Å². The van der Waals surface area contributed by atoms with Gasteiger partial charge >= 0.3 is 23.9 Å². The first-order valence-electron chi connectivity index (χ1n) is 14.4. The predicted molar refractivity (Wildman–Crippen MR) is 150 cm³/mol. The van der Waals surface area contributed by atoms with Gasteiger partial charge in [-0.2, -0.15) is 0 Å². The summed E-state index contributed by atoms with van der Waals surface area (Å²) in [7, 11) is 1.90. The molecule has 1 heterocycles. The van der Waals surface area contributed by atoms with Crippen molar-refractivity contribution in [2.24, 2.45) is 30.7 Å². The van der Waals surface area contributed by atoms with Crippen molar-refractivity contribution in [3.63, 3.8) is 0 Å².